The van der Waals surface area contributed by atoms with E-state index in [4.69, 9.17) is 15.2 Å². The molecule has 0 aliphatic carbocycles. The van der Waals surface area contributed by atoms with Gasteiger partial charge in [-0.15, -0.1) is 0 Å². The number of amides is 1. The number of carbonyl (C=O) groups is 1. The second-order valence-electron chi connectivity index (χ2n) is 3.65. The smallest absolute Gasteiger partial charge is 0.252 e. The molecule has 0 saturated heterocycles. The van der Waals surface area contributed by atoms with Crippen LogP contribution in [0.2, 0.25) is 0 Å². The highest BCUT2D eigenvalue weighted by atomic mass is 16.6. The molecule has 1 heterocycles. The average Bonchev–Trinajstić information content (AvgIpc) is 2.35. The molecule has 0 spiro atoms. The van der Waals surface area contributed by atoms with Crippen molar-refractivity contribution in [2.24, 2.45) is 5.73 Å². The lowest BCUT2D eigenvalue weighted by Crippen LogP contribution is -2.13. The first kappa shape index (κ1) is 9.72. The minimum atomic E-state index is -0.537. The van der Waals surface area contributed by atoms with E-state index in [0.717, 1.165) is 0 Å². The SMILES string of the molecule is NC(=O)c1cccc2c1Oc1ccccc1O2. The zero-order chi connectivity index (χ0) is 11.8. The Labute approximate surface area is 97.6 Å². The van der Waals surface area contributed by atoms with Crippen molar-refractivity contribution in [3.63, 3.8) is 0 Å². The normalized spacial score (nSPS) is 11.8. The summed E-state index contributed by atoms with van der Waals surface area (Å²) >= 11 is 0. The monoisotopic (exact) mass is 227 g/mol. The molecule has 2 aromatic carbocycles. The average molecular weight is 227 g/mol. The molecule has 3 rings (SSSR count). The summed E-state index contributed by atoms with van der Waals surface area (Å²) in [5.74, 6) is 1.54. The molecule has 1 aliphatic heterocycles. The van der Waals surface area contributed by atoms with Gasteiger partial charge in [-0.2, -0.15) is 0 Å². The first-order valence-corrected chi connectivity index (χ1v) is 5.13. The van der Waals surface area contributed by atoms with E-state index in [2.05, 4.69) is 0 Å². The van der Waals surface area contributed by atoms with Crippen molar-refractivity contribution in [3.05, 3.63) is 48.0 Å². The number of hydrogen-bond acceptors (Lipinski definition) is 3. The van der Waals surface area contributed by atoms with Crippen LogP contribution in [0.25, 0.3) is 0 Å². The van der Waals surface area contributed by atoms with Gasteiger partial charge < -0.3 is 15.2 Å². The lowest BCUT2D eigenvalue weighted by molar-refractivity contribution is 0.0997. The van der Waals surface area contributed by atoms with Crippen molar-refractivity contribution in [3.8, 4) is 23.0 Å². The van der Waals surface area contributed by atoms with Gasteiger partial charge >= 0.3 is 0 Å². The maximum absolute atomic E-state index is 11.3. The van der Waals surface area contributed by atoms with Crippen LogP contribution in [0.15, 0.2) is 42.5 Å². The summed E-state index contributed by atoms with van der Waals surface area (Å²) in [7, 11) is 0. The maximum Gasteiger partial charge on any atom is 0.252 e. The van der Waals surface area contributed by atoms with Crippen LogP contribution in [0.4, 0.5) is 0 Å². The molecule has 2 N–H and O–H groups in total. The molecule has 4 nitrogen and oxygen atoms in total. The number of hydrogen-bond donors (Lipinski definition) is 1. The third kappa shape index (κ3) is 1.50. The predicted octanol–water partition coefficient (Wildman–Crippen LogP) is 2.68. The lowest BCUT2D eigenvalue weighted by Gasteiger charge is -2.21. The van der Waals surface area contributed by atoms with Gasteiger partial charge in [0.05, 0.1) is 5.56 Å². The Balaban J connectivity index is 2.15. The second-order valence-corrected chi connectivity index (χ2v) is 3.65. The standard InChI is InChI=1S/C13H9NO3/c14-13(15)8-4-3-7-11-12(8)17-10-6-2-1-5-9(10)16-11/h1-7H,(H2,14,15). The summed E-state index contributed by atoms with van der Waals surface area (Å²) in [5.41, 5.74) is 5.60. The summed E-state index contributed by atoms with van der Waals surface area (Å²) in [4.78, 5) is 11.3. The van der Waals surface area contributed by atoms with Crippen LogP contribution in [0.5, 0.6) is 23.0 Å². The van der Waals surface area contributed by atoms with Gasteiger partial charge in [0.15, 0.2) is 23.0 Å². The third-order valence-electron chi connectivity index (χ3n) is 2.53. The zero-order valence-corrected chi connectivity index (χ0v) is 8.84. The zero-order valence-electron chi connectivity index (χ0n) is 8.84. The van der Waals surface area contributed by atoms with E-state index in [-0.39, 0.29) is 0 Å². The number of rotatable bonds is 1. The summed E-state index contributed by atoms with van der Waals surface area (Å²) in [5, 5.41) is 0. The van der Waals surface area contributed by atoms with E-state index in [1.807, 2.05) is 12.1 Å². The van der Waals surface area contributed by atoms with Crippen LogP contribution in [0.1, 0.15) is 10.4 Å². The highest BCUT2D eigenvalue weighted by molar-refractivity contribution is 5.96. The molecule has 2 aromatic rings. The predicted molar refractivity (Wildman–Crippen MR) is 61.5 cm³/mol. The van der Waals surface area contributed by atoms with Crippen LogP contribution < -0.4 is 15.2 Å². The molecular weight excluding hydrogens is 218 g/mol. The van der Waals surface area contributed by atoms with Crippen molar-refractivity contribution in [2.45, 2.75) is 0 Å². The van der Waals surface area contributed by atoms with Gasteiger partial charge in [-0.1, -0.05) is 18.2 Å². The number of ether oxygens (including phenoxy) is 2. The van der Waals surface area contributed by atoms with Gasteiger partial charge in [-0.3, -0.25) is 4.79 Å². The number of nitrogens with two attached hydrogens (primary N) is 1. The van der Waals surface area contributed by atoms with E-state index < -0.39 is 5.91 Å². The number of primary amides is 1. The molecule has 0 aromatic heterocycles. The molecule has 0 atom stereocenters. The molecule has 0 fully saturated rings. The largest absolute Gasteiger partial charge is 0.449 e. The van der Waals surface area contributed by atoms with Crippen molar-refractivity contribution >= 4 is 5.91 Å². The molecule has 1 aliphatic rings. The van der Waals surface area contributed by atoms with E-state index >= 15 is 0 Å². The molecular formula is C13H9NO3. The van der Waals surface area contributed by atoms with Gasteiger partial charge in [0.25, 0.3) is 5.91 Å². The molecule has 1 amide bonds. The van der Waals surface area contributed by atoms with Gasteiger partial charge in [0, 0.05) is 0 Å². The Morgan fingerprint density at radius 3 is 2.24 bits per heavy atom. The summed E-state index contributed by atoms with van der Waals surface area (Å²) in [6.07, 6.45) is 0. The van der Waals surface area contributed by atoms with Crippen LogP contribution in [-0.4, -0.2) is 5.91 Å². The van der Waals surface area contributed by atoms with Crippen LogP contribution in [0, 0.1) is 0 Å². The molecule has 0 bridgehead atoms. The Morgan fingerprint density at radius 2 is 1.53 bits per heavy atom. The highest BCUT2D eigenvalue weighted by Gasteiger charge is 2.22. The molecule has 0 unspecified atom stereocenters. The van der Waals surface area contributed by atoms with Gasteiger partial charge in [0.1, 0.15) is 0 Å². The number of para-hydroxylation sites is 3. The van der Waals surface area contributed by atoms with Crippen molar-refractivity contribution in [2.75, 3.05) is 0 Å². The third-order valence-corrected chi connectivity index (χ3v) is 2.53. The Kier molecular flexibility index (Phi) is 2.01. The second kappa shape index (κ2) is 3.52. The number of carbonyl (C=O) groups excluding carboxylic acids is 1. The quantitative estimate of drug-likeness (QED) is 0.695. The number of benzene rings is 2. The van der Waals surface area contributed by atoms with Crippen LogP contribution in [-0.2, 0) is 0 Å². The maximum atomic E-state index is 11.3. The fourth-order valence-electron chi connectivity index (χ4n) is 1.74. The van der Waals surface area contributed by atoms with Crippen molar-refractivity contribution < 1.29 is 14.3 Å². The Bertz CT molecular complexity index is 607. The first-order chi connectivity index (χ1) is 8.25. The summed E-state index contributed by atoms with van der Waals surface area (Å²) in [6, 6.07) is 12.3. The topological polar surface area (TPSA) is 61.6 Å². The van der Waals surface area contributed by atoms with E-state index in [0.29, 0.717) is 28.6 Å². The van der Waals surface area contributed by atoms with Gasteiger partial charge in [-0.05, 0) is 24.3 Å². The first-order valence-electron chi connectivity index (χ1n) is 5.13. The van der Waals surface area contributed by atoms with Crippen LogP contribution in [0.3, 0.4) is 0 Å². The minimum Gasteiger partial charge on any atom is -0.449 e. The van der Waals surface area contributed by atoms with E-state index in [1.54, 1.807) is 30.3 Å². The Hall–Kier alpha value is -2.49. The molecule has 84 valence electrons. The summed E-state index contributed by atoms with van der Waals surface area (Å²) < 4.78 is 11.3. The summed E-state index contributed by atoms with van der Waals surface area (Å²) in [6.45, 7) is 0. The molecule has 17 heavy (non-hydrogen) atoms. The van der Waals surface area contributed by atoms with Crippen molar-refractivity contribution in [1.29, 1.82) is 0 Å². The molecule has 0 radical (unpaired) electrons. The van der Waals surface area contributed by atoms with E-state index in [9.17, 15) is 4.79 Å². The fourth-order valence-corrected chi connectivity index (χ4v) is 1.74. The minimum absolute atomic E-state index is 0.317. The van der Waals surface area contributed by atoms with Gasteiger partial charge in [-0.25, -0.2) is 0 Å². The number of fused-ring (bicyclic) bond motifs is 2. The van der Waals surface area contributed by atoms with Crippen molar-refractivity contribution in [1.82, 2.24) is 0 Å². The van der Waals surface area contributed by atoms with E-state index in [1.165, 1.54) is 0 Å². The molecule has 0 saturated carbocycles. The lowest BCUT2D eigenvalue weighted by atomic mass is 10.1. The fraction of sp³-hybridized carbons (Fsp3) is 0. The van der Waals surface area contributed by atoms with Gasteiger partial charge in [0.2, 0.25) is 0 Å². The highest BCUT2D eigenvalue weighted by Crippen LogP contribution is 2.46. The Morgan fingerprint density at radius 1 is 0.882 bits per heavy atom. The molecule has 4 heteroatoms. The van der Waals surface area contributed by atoms with Crippen LogP contribution >= 0.6 is 0 Å².